The molecule has 1 heteroatoms. The van der Waals surface area contributed by atoms with E-state index in [1.165, 1.54) is 25.9 Å². The van der Waals surface area contributed by atoms with Gasteiger partial charge in [-0.25, -0.2) is 0 Å². The van der Waals surface area contributed by atoms with Crippen LogP contribution in [0.15, 0.2) is 18.2 Å². The maximum Gasteiger partial charge on any atom is 0.0239 e. The Kier molecular flexibility index (Phi) is 4.45. The second-order valence-electron chi connectivity index (χ2n) is 6.53. The smallest absolute Gasteiger partial charge is 0.0239 e. The van der Waals surface area contributed by atoms with Gasteiger partial charge in [0.05, 0.1) is 0 Å². The molecule has 100 valence electrons. The summed E-state index contributed by atoms with van der Waals surface area (Å²) in [4.78, 5) is 2.62. The fourth-order valence-corrected chi connectivity index (χ4v) is 3.01. The van der Waals surface area contributed by atoms with Gasteiger partial charge in [0.15, 0.2) is 0 Å². The highest BCUT2D eigenvalue weighted by Gasteiger charge is 2.19. The molecule has 1 nitrogen and oxygen atoms in total. The van der Waals surface area contributed by atoms with Gasteiger partial charge >= 0.3 is 0 Å². The molecule has 18 heavy (non-hydrogen) atoms. The largest absolute Gasteiger partial charge is 0.298 e. The molecular formula is C17H27N. The molecule has 0 spiro atoms. The predicted molar refractivity (Wildman–Crippen MR) is 78.8 cm³/mol. The van der Waals surface area contributed by atoms with Crippen LogP contribution in [-0.2, 0) is 19.4 Å². The lowest BCUT2D eigenvalue weighted by Gasteiger charge is -2.31. The Balaban J connectivity index is 2.17. The summed E-state index contributed by atoms with van der Waals surface area (Å²) in [5, 5.41) is 0. The average Bonchev–Trinajstić information content (AvgIpc) is 2.28. The van der Waals surface area contributed by atoms with E-state index in [0.717, 1.165) is 18.4 Å². The zero-order valence-electron chi connectivity index (χ0n) is 12.4. The summed E-state index contributed by atoms with van der Waals surface area (Å²) < 4.78 is 0. The molecule has 0 aromatic heterocycles. The zero-order valence-corrected chi connectivity index (χ0v) is 12.4. The van der Waals surface area contributed by atoms with Crippen molar-refractivity contribution in [1.29, 1.82) is 0 Å². The van der Waals surface area contributed by atoms with Crippen LogP contribution < -0.4 is 0 Å². The van der Waals surface area contributed by atoms with Crippen LogP contribution in [0.1, 0.15) is 44.4 Å². The van der Waals surface area contributed by atoms with Gasteiger partial charge in [0.2, 0.25) is 0 Å². The van der Waals surface area contributed by atoms with Gasteiger partial charge in [-0.05, 0) is 41.4 Å². The van der Waals surface area contributed by atoms with Gasteiger partial charge in [0.25, 0.3) is 0 Å². The summed E-state index contributed by atoms with van der Waals surface area (Å²) in [6.45, 7) is 12.9. The van der Waals surface area contributed by atoms with Gasteiger partial charge < -0.3 is 0 Å². The Morgan fingerprint density at radius 1 is 1.11 bits per heavy atom. The molecule has 1 heterocycles. The molecule has 0 atom stereocenters. The Morgan fingerprint density at radius 3 is 2.56 bits per heavy atom. The Hall–Kier alpha value is -0.820. The first-order chi connectivity index (χ1) is 8.56. The summed E-state index contributed by atoms with van der Waals surface area (Å²) in [5.74, 6) is 1.51. The minimum Gasteiger partial charge on any atom is -0.298 e. The van der Waals surface area contributed by atoms with Crippen molar-refractivity contribution in [2.75, 3.05) is 13.1 Å². The molecule has 0 bridgehead atoms. The van der Waals surface area contributed by atoms with Crippen LogP contribution in [0.5, 0.6) is 0 Å². The summed E-state index contributed by atoms with van der Waals surface area (Å²) in [5.41, 5.74) is 4.79. The van der Waals surface area contributed by atoms with Crippen molar-refractivity contribution in [1.82, 2.24) is 4.90 Å². The Labute approximate surface area is 112 Å². The fourth-order valence-electron chi connectivity index (χ4n) is 3.01. The Bertz CT molecular complexity index is 393. The van der Waals surface area contributed by atoms with Crippen LogP contribution in [-0.4, -0.2) is 18.0 Å². The third-order valence-electron chi connectivity index (χ3n) is 3.70. The van der Waals surface area contributed by atoms with Gasteiger partial charge in [-0.3, -0.25) is 4.90 Å². The number of hydrogen-bond donors (Lipinski definition) is 0. The molecule has 1 aromatic rings. The van der Waals surface area contributed by atoms with Crippen molar-refractivity contribution in [3.8, 4) is 0 Å². The number of benzene rings is 1. The highest BCUT2D eigenvalue weighted by molar-refractivity contribution is 5.37. The first kappa shape index (κ1) is 13.6. The van der Waals surface area contributed by atoms with E-state index in [-0.39, 0.29) is 0 Å². The van der Waals surface area contributed by atoms with Gasteiger partial charge in [0.1, 0.15) is 0 Å². The SMILES string of the molecule is CC(C)Cc1cccc2c1CN(CC(C)C)CC2. The number of hydrogen-bond acceptors (Lipinski definition) is 1. The molecule has 0 N–H and O–H groups in total. The van der Waals surface area contributed by atoms with E-state index in [1.807, 2.05) is 0 Å². The zero-order chi connectivity index (χ0) is 13.1. The van der Waals surface area contributed by atoms with Crippen LogP contribution >= 0.6 is 0 Å². The van der Waals surface area contributed by atoms with Crippen molar-refractivity contribution in [3.63, 3.8) is 0 Å². The first-order valence-electron chi connectivity index (χ1n) is 7.38. The second-order valence-corrected chi connectivity index (χ2v) is 6.53. The van der Waals surface area contributed by atoms with Gasteiger partial charge in [-0.2, -0.15) is 0 Å². The van der Waals surface area contributed by atoms with E-state index >= 15 is 0 Å². The molecule has 0 radical (unpaired) electrons. The molecule has 0 saturated carbocycles. The van der Waals surface area contributed by atoms with E-state index in [9.17, 15) is 0 Å². The maximum atomic E-state index is 2.62. The molecule has 0 unspecified atom stereocenters. The van der Waals surface area contributed by atoms with Crippen molar-refractivity contribution in [2.45, 2.75) is 47.1 Å². The minimum atomic E-state index is 0.747. The lowest BCUT2D eigenvalue weighted by molar-refractivity contribution is 0.225. The molecular weight excluding hydrogens is 218 g/mol. The third-order valence-corrected chi connectivity index (χ3v) is 3.70. The molecule has 0 fully saturated rings. The number of fused-ring (bicyclic) bond motifs is 1. The quantitative estimate of drug-likeness (QED) is 0.777. The number of nitrogens with zero attached hydrogens (tertiary/aromatic N) is 1. The van der Waals surface area contributed by atoms with Crippen molar-refractivity contribution < 1.29 is 0 Å². The highest BCUT2D eigenvalue weighted by atomic mass is 15.1. The van der Waals surface area contributed by atoms with Crippen LogP contribution in [0.4, 0.5) is 0 Å². The van der Waals surface area contributed by atoms with Gasteiger partial charge in [-0.15, -0.1) is 0 Å². The van der Waals surface area contributed by atoms with Crippen LogP contribution in [0.2, 0.25) is 0 Å². The molecule has 1 aromatic carbocycles. The lowest BCUT2D eigenvalue weighted by atomic mass is 9.90. The summed E-state index contributed by atoms with van der Waals surface area (Å²) in [6.07, 6.45) is 2.45. The monoisotopic (exact) mass is 245 g/mol. The second kappa shape index (κ2) is 5.88. The Morgan fingerprint density at radius 2 is 1.89 bits per heavy atom. The summed E-state index contributed by atoms with van der Waals surface area (Å²) in [7, 11) is 0. The van der Waals surface area contributed by atoms with E-state index < -0.39 is 0 Å². The standard InChI is InChI=1S/C17H27N/c1-13(2)10-16-7-5-6-15-8-9-18(11-14(3)4)12-17(15)16/h5-7,13-14H,8-12H2,1-4H3. The van der Waals surface area contributed by atoms with Crippen LogP contribution in [0, 0.1) is 11.8 Å². The normalized spacial score (nSPS) is 16.3. The molecule has 1 aliphatic heterocycles. The fraction of sp³-hybridized carbons (Fsp3) is 0.647. The number of rotatable bonds is 4. The van der Waals surface area contributed by atoms with Gasteiger partial charge in [-0.1, -0.05) is 45.9 Å². The summed E-state index contributed by atoms with van der Waals surface area (Å²) >= 11 is 0. The summed E-state index contributed by atoms with van der Waals surface area (Å²) in [6, 6.07) is 6.90. The average molecular weight is 245 g/mol. The molecule has 2 rings (SSSR count). The predicted octanol–water partition coefficient (Wildman–Crippen LogP) is 3.90. The van der Waals surface area contributed by atoms with E-state index in [0.29, 0.717) is 0 Å². The van der Waals surface area contributed by atoms with Crippen molar-refractivity contribution in [2.24, 2.45) is 11.8 Å². The third kappa shape index (κ3) is 3.35. The van der Waals surface area contributed by atoms with E-state index in [1.54, 1.807) is 16.7 Å². The minimum absolute atomic E-state index is 0.747. The maximum absolute atomic E-state index is 2.62. The van der Waals surface area contributed by atoms with Crippen LogP contribution in [0.25, 0.3) is 0 Å². The molecule has 0 aliphatic carbocycles. The first-order valence-corrected chi connectivity index (χ1v) is 7.38. The topological polar surface area (TPSA) is 3.24 Å². The van der Waals surface area contributed by atoms with E-state index in [4.69, 9.17) is 0 Å². The molecule has 0 amide bonds. The van der Waals surface area contributed by atoms with Crippen molar-refractivity contribution >= 4 is 0 Å². The molecule has 1 aliphatic rings. The van der Waals surface area contributed by atoms with Crippen molar-refractivity contribution in [3.05, 3.63) is 34.9 Å². The van der Waals surface area contributed by atoms with Gasteiger partial charge in [0, 0.05) is 19.6 Å². The van der Waals surface area contributed by atoms with E-state index in [2.05, 4.69) is 50.8 Å². The molecule has 0 saturated heterocycles. The highest BCUT2D eigenvalue weighted by Crippen LogP contribution is 2.25. The van der Waals surface area contributed by atoms with Crippen LogP contribution in [0.3, 0.4) is 0 Å². The lowest BCUT2D eigenvalue weighted by Crippen LogP contribution is -2.34.